The summed E-state index contributed by atoms with van der Waals surface area (Å²) >= 11 is 0. The topological polar surface area (TPSA) is 53.6 Å². The van der Waals surface area contributed by atoms with Crippen LogP contribution in [0.25, 0.3) is 0 Å². The maximum absolute atomic E-state index is 12.5. The second-order valence-electron chi connectivity index (χ2n) is 6.30. The lowest BCUT2D eigenvalue weighted by atomic mass is 10.1. The van der Waals surface area contributed by atoms with E-state index in [1.165, 1.54) is 12.8 Å². The lowest BCUT2D eigenvalue weighted by Gasteiger charge is -2.25. The van der Waals surface area contributed by atoms with Crippen LogP contribution in [0.2, 0.25) is 0 Å². The lowest BCUT2D eigenvalue weighted by Crippen LogP contribution is -2.39. The van der Waals surface area contributed by atoms with Gasteiger partial charge in [0.1, 0.15) is 5.75 Å². The molecule has 1 heterocycles. The maximum atomic E-state index is 12.5. The number of anilines is 1. The normalized spacial score (nSPS) is 15.6. The van der Waals surface area contributed by atoms with Crippen LogP contribution in [-0.4, -0.2) is 37.7 Å². The summed E-state index contributed by atoms with van der Waals surface area (Å²) in [7, 11) is 1.61. The Bertz CT molecular complexity index is 684. The van der Waals surface area contributed by atoms with Gasteiger partial charge in [0.25, 0.3) is 0 Å². The van der Waals surface area contributed by atoms with Gasteiger partial charge in [-0.1, -0.05) is 36.4 Å². The van der Waals surface area contributed by atoms with Gasteiger partial charge in [0.15, 0.2) is 0 Å². The van der Waals surface area contributed by atoms with E-state index in [0.29, 0.717) is 5.69 Å². The number of hydrogen-bond donors (Lipinski definition) is 2. The van der Waals surface area contributed by atoms with Gasteiger partial charge in [-0.05, 0) is 43.6 Å². The molecule has 1 aliphatic rings. The summed E-state index contributed by atoms with van der Waals surface area (Å²) in [5.41, 5.74) is 1.83. The quantitative estimate of drug-likeness (QED) is 0.844. The fourth-order valence-corrected chi connectivity index (χ4v) is 3.17. The van der Waals surface area contributed by atoms with Crippen molar-refractivity contribution in [2.75, 3.05) is 32.1 Å². The van der Waals surface area contributed by atoms with Crippen LogP contribution in [-0.2, 0) is 0 Å². The average Bonchev–Trinajstić information content (AvgIpc) is 3.15. The van der Waals surface area contributed by atoms with E-state index in [-0.39, 0.29) is 12.1 Å². The number of hydrogen-bond acceptors (Lipinski definition) is 3. The highest BCUT2D eigenvalue weighted by molar-refractivity contribution is 5.89. The van der Waals surface area contributed by atoms with E-state index in [1.54, 1.807) is 13.2 Å². The van der Waals surface area contributed by atoms with Crippen LogP contribution in [0.3, 0.4) is 0 Å². The van der Waals surface area contributed by atoms with Gasteiger partial charge < -0.3 is 20.3 Å². The van der Waals surface area contributed by atoms with E-state index in [9.17, 15) is 4.79 Å². The minimum Gasteiger partial charge on any atom is -0.497 e. The molecule has 0 spiro atoms. The van der Waals surface area contributed by atoms with Crippen molar-refractivity contribution >= 4 is 11.7 Å². The maximum Gasteiger partial charge on any atom is 0.319 e. The zero-order valence-electron chi connectivity index (χ0n) is 14.6. The van der Waals surface area contributed by atoms with E-state index in [4.69, 9.17) is 4.74 Å². The van der Waals surface area contributed by atoms with Crippen molar-refractivity contribution in [1.82, 2.24) is 10.2 Å². The van der Waals surface area contributed by atoms with Gasteiger partial charge >= 0.3 is 6.03 Å². The Labute approximate surface area is 149 Å². The standard InChI is InChI=1S/C20H25N3O2/c1-25-18-11-7-10-17(14-18)21-20(24)22-19(15-23-12-5-6-13-23)16-8-3-2-4-9-16/h2-4,7-11,14,19H,5-6,12-13,15H2,1H3,(H2,21,22,24). The molecule has 0 radical (unpaired) electrons. The van der Waals surface area contributed by atoms with E-state index in [0.717, 1.165) is 30.9 Å². The molecule has 0 aliphatic carbocycles. The molecule has 5 heteroatoms. The van der Waals surface area contributed by atoms with Crippen LogP contribution in [0.5, 0.6) is 5.75 Å². The molecule has 0 saturated carbocycles. The van der Waals surface area contributed by atoms with Gasteiger partial charge in [0.05, 0.1) is 13.2 Å². The third-order valence-corrected chi connectivity index (χ3v) is 4.47. The molecule has 1 unspecified atom stereocenters. The van der Waals surface area contributed by atoms with Gasteiger partial charge in [-0.3, -0.25) is 0 Å². The Kier molecular flexibility index (Phi) is 5.90. The molecule has 1 fully saturated rings. The summed E-state index contributed by atoms with van der Waals surface area (Å²) < 4.78 is 5.20. The number of likely N-dealkylation sites (tertiary alicyclic amines) is 1. The molecule has 1 saturated heterocycles. The molecule has 132 valence electrons. The van der Waals surface area contributed by atoms with Crippen LogP contribution in [0.1, 0.15) is 24.4 Å². The van der Waals surface area contributed by atoms with E-state index in [1.807, 2.05) is 36.4 Å². The van der Waals surface area contributed by atoms with E-state index >= 15 is 0 Å². The van der Waals surface area contributed by atoms with Crippen LogP contribution in [0.4, 0.5) is 10.5 Å². The summed E-state index contributed by atoms with van der Waals surface area (Å²) in [6, 6.07) is 17.2. The number of nitrogens with zero attached hydrogens (tertiary/aromatic N) is 1. The van der Waals surface area contributed by atoms with Crippen molar-refractivity contribution < 1.29 is 9.53 Å². The zero-order valence-corrected chi connectivity index (χ0v) is 14.6. The van der Waals surface area contributed by atoms with Crippen molar-refractivity contribution in [3.63, 3.8) is 0 Å². The Hall–Kier alpha value is -2.53. The first-order valence-corrected chi connectivity index (χ1v) is 8.73. The molecule has 0 bridgehead atoms. The van der Waals surface area contributed by atoms with Crippen LogP contribution < -0.4 is 15.4 Å². The van der Waals surface area contributed by atoms with Crippen molar-refractivity contribution in [1.29, 1.82) is 0 Å². The number of ether oxygens (including phenoxy) is 1. The smallest absolute Gasteiger partial charge is 0.319 e. The van der Waals surface area contributed by atoms with Crippen molar-refractivity contribution in [2.45, 2.75) is 18.9 Å². The first-order valence-electron chi connectivity index (χ1n) is 8.73. The molecule has 2 aromatic rings. The number of rotatable bonds is 6. The number of carbonyl (C=O) groups excluding carboxylic acids is 1. The number of methoxy groups -OCH3 is 1. The lowest BCUT2D eigenvalue weighted by molar-refractivity contribution is 0.240. The highest BCUT2D eigenvalue weighted by Crippen LogP contribution is 2.19. The summed E-state index contributed by atoms with van der Waals surface area (Å²) in [6.07, 6.45) is 2.47. The molecule has 2 amide bonds. The molecule has 25 heavy (non-hydrogen) atoms. The third kappa shape index (κ3) is 4.97. The summed E-state index contributed by atoms with van der Waals surface area (Å²) in [5.74, 6) is 0.717. The molecule has 2 N–H and O–H groups in total. The summed E-state index contributed by atoms with van der Waals surface area (Å²) in [6.45, 7) is 3.03. The number of carbonyl (C=O) groups is 1. The van der Waals surface area contributed by atoms with Gasteiger partial charge in [0, 0.05) is 18.3 Å². The molecular weight excluding hydrogens is 314 g/mol. The molecule has 1 aliphatic heterocycles. The molecule has 3 rings (SSSR count). The predicted molar refractivity (Wildman–Crippen MR) is 100 cm³/mol. The third-order valence-electron chi connectivity index (χ3n) is 4.47. The number of benzene rings is 2. The molecule has 2 aromatic carbocycles. The highest BCUT2D eigenvalue weighted by Gasteiger charge is 2.20. The summed E-state index contributed by atoms with van der Waals surface area (Å²) in [5, 5.41) is 6.01. The van der Waals surface area contributed by atoms with Gasteiger partial charge in [-0.15, -0.1) is 0 Å². The average molecular weight is 339 g/mol. The number of amides is 2. The molecule has 0 aromatic heterocycles. The Morgan fingerprint density at radius 1 is 1.12 bits per heavy atom. The molecular formula is C20H25N3O2. The molecule has 5 nitrogen and oxygen atoms in total. The van der Waals surface area contributed by atoms with Gasteiger partial charge in [-0.2, -0.15) is 0 Å². The van der Waals surface area contributed by atoms with Crippen LogP contribution in [0.15, 0.2) is 54.6 Å². The fourth-order valence-electron chi connectivity index (χ4n) is 3.17. The van der Waals surface area contributed by atoms with Crippen molar-refractivity contribution in [3.8, 4) is 5.75 Å². The van der Waals surface area contributed by atoms with E-state index in [2.05, 4.69) is 27.7 Å². The minimum atomic E-state index is -0.207. The number of nitrogens with one attached hydrogen (secondary N) is 2. The van der Waals surface area contributed by atoms with E-state index < -0.39 is 0 Å². The fraction of sp³-hybridized carbons (Fsp3) is 0.350. The van der Waals surface area contributed by atoms with Gasteiger partial charge in [-0.25, -0.2) is 4.79 Å². The second-order valence-corrected chi connectivity index (χ2v) is 6.30. The van der Waals surface area contributed by atoms with Crippen molar-refractivity contribution in [3.05, 3.63) is 60.2 Å². The Balaban J connectivity index is 1.66. The zero-order chi connectivity index (χ0) is 17.5. The monoisotopic (exact) mass is 339 g/mol. The van der Waals surface area contributed by atoms with Crippen molar-refractivity contribution in [2.24, 2.45) is 0 Å². The van der Waals surface area contributed by atoms with Crippen LogP contribution in [0, 0.1) is 0 Å². The SMILES string of the molecule is COc1cccc(NC(=O)NC(CN2CCCC2)c2ccccc2)c1. The predicted octanol–water partition coefficient (Wildman–Crippen LogP) is 3.65. The minimum absolute atomic E-state index is 0.0371. The number of urea groups is 1. The first-order chi connectivity index (χ1) is 12.2. The highest BCUT2D eigenvalue weighted by atomic mass is 16.5. The first kappa shape index (κ1) is 17.3. The van der Waals surface area contributed by atoms with Crippen LogP contribution >= 0.6 is 0 Å². The molecule has 1 atom stereocenters. The Morgan fingerprint density at radius 2 is 1.88 bits per heavy atom. The Morgan fingerprint density at radius 3 is 2.60 bits per heavy atom. The van der Waals surface area contributed by atoms with Gasteiger partial charge in [0.2, 0.25) is 0 Å². The largest absolute Gasteiger partial charge is 0.497 e. The summed E-state index contributed by atoms with van der Waals surface area (Å²) in [4.78, 5) is 14.9. The second kappa shape index (κ2) is 8.53.